The number of carbonyl (C=O) groups excluding carboxylic acids is 1. The normalized spacial score (nSPS) is 12.6. The Labute approximate surface area is 156 Å². The van der Waals surface area contributed by atoms with E-state index < -0.39 is 0 Å². The molecule has 0 saturated heterocycles. The van der Waals surface area contributed by atoms with Crippen LogP contribution in [0.5, 0.6) is 0 Å². The van der Waals surface area contributed by atoms with Gasteiger partial charge in [0.1, 0.15) is 0 Å². The van der Waals surface area contributed by atoms with Crippen LogP contribution in [0.4, 0.5) is 0 Å². The standard InChI is InChI=1S/C25H26O/c1-18-10-8-9-13-22(18)23(19-11-6-5-7-12-19)24(26)20-14-16-21(17-15-20)25(2,3)4/h5-17,23H,1-4H3. The van der Waals surface area contributed by atoms with Crippen LogP contribution in [0.25, 0.3) is 0 Å². The van der Waals surface area contributed by atoms with Gasteiger partial charge in [-0.25, -0.2) is 0 Å². The fourth-order valence-corrected chi connectivity index (χ4v) is 3.33. The molecule has 0 fully saturated rings. The third-order valence-electron chi connectivity index (χ3n) is 4.93. The van der Waals surface area contributed by atoms with E-state index in [9.17, 15) is 4.79 Å². The minimum Gasteiger partial charge on any atom is -0.293 e. The second-order valence-corrected chi connectivity index (χ2v) is 7.89. The number of ketones is 1. The maximum atomic E-state index is 13.5. The molecule has 3 aromatic rings. The number of Topliss-reactive ketones (excluding diaryl/α,β-unsaturated/α-hetero) is 1. The largest absolute Gasteiger partial charge is 0.293 e. The molecular weight excluding hydrogens is 316 g/mol. The first-order chi connectivity index (χ1) is 12.4. The van der Waals surface area contributed by atoms with Crippen LogP contribution in [0.3, 0.4) is 0 Å². The number of benzene rings is 3. The fourth-order valence-electron chi connectivity index (χ4n) is 3.33. The summed E-state index contributed by atoms with van der Waals surface area (Å²) in [6.45, 7) is 8.62. The minimum atomic E-state index is -0.280. The predicted octanol–water partition coefficient (Wildman–Crippen LogP) is 6.31. The third kappa shape index (κ3) is 3.77. The molecule has 26 heavy (non-hydrogen) atoms. The van der Waals surface area contributed by atoms with Crippen molar-refractivity contribution in [2.45, 2.75) is 39.0 Å². The Morgan fingerprint density at radius 3 is 1.92 bits per heavy atom. The molecule has 0 bridgehead atoms. The zero-order chi connectivity index (χ0) is 18.7. The van der Waals surface area contributed by atoms with Gasteiger partial charge in [-0.3, -0.25) is 4.79 Å². The summed E-state index contributed by atoms with van der Waals surface area (Å²) in [4.78, 5) is 13.5. The van der Waals surface area contributed by atoms with Crippen molar-refractivity contribution in [1.82, 2.24) is 0 Å². The van der Waals surface area contributed by atoms with E-state index in [-0.39, 0.29) is 17.1 Å². The Morgan fingerprint density at radius 2 is 1.35 bits per heavy atom. The topological polar surface area (TPSA) is 17.1 Å². The van der Waals surface area contributed by atoms with Crippen LogP contribution in [0, 0.1) is 6.92 Å². The van der Waals surface area contributed by atoms with Gasteiger partial charge in [-0.2, -0.15) is 0 Å². The first-order valence-electron chi connectivity index (χ1n) is 9.13. The lowest BCUT2D eigenvalue weighted by molar-refractivity contribution is 0.0973. The summed E-state index contributed by atoms with van der Waals surface area (Å²) in [5.41, 5.74) is 5.32. The van der Waals surface area contributed by atoms with Crippen molar-refractivity contribution >= 4 is 5.78 Å². The van der Waals surface area contributed by atoms with Crippen LogP contribution in [0.15, 0.2) is 78.9 Å². The molecule has 1 heteroatoms. The van der Waals surface area contributed by atoms with Crippen LogP contribution in [-0.2, 0) is 5.41 Å². The van der Waals surface area contributed by atoms with E-state index >= 15 is 0 Å². The highest BCUT2D eigenvalue weighted by molar-refractivity contribution is 6.03. The van der Waals surface area contributed by atoms with Crippen molar-refractivity contribution in [3.05, 3.63) is 107 Å². The van der Waals surface area contributed by atoms with Crippen molar-refractivity contribution in [3.63, 3.8) is 0 Å². The van der Waals surface area contributed by atoms with Crippen LogP contribution in [0.1, 0.15) is 59.3 Å². The molecule has 0 radical (unpaired) electrons. The summed E-state index contributed by atoms with van der Waals surface area (Å²) in [7, 11) is 0. The Balaban J connectivity index is 2.05. The van der Waals surface area contributed by atoms with Gasteiger partial charge in [-0.1, -0.05) is 99.6 Å². The molecule has 1 atom stereocenters. The van der Waals surface area contributed by atoms with Gasteiger partial charge in [0.15, 0.2) is 5.78 Å². The van der Waals surface area contributed by atoms with Gasteiger partial charge in [0.2, 0.25) is 0 Å². The van der Waals surface area contributed by atoms with Crippen LogP contribution >= 0.6 is 0 Å². The molecule has 3 rings (SSSR count). The second-order valence-electron chi connectivity index (χ2n) is 7.89. The van der Waals surface area contributed by atoms with Gasteiger partial charge < -0.3 is 0 Å². The molecule has 0 N–H and O–H groups in total. The average molecular weight is 342 g/mol. The Hall–Kier alpha value is -2.67. The number of aryl methyl sites for hydroxylation is 1. The number of carbonyl (C=O) groups is 1. The van der Waals surface area contributed by atoms with Gasteiger partial charge in [0, 0.05) is 5.56 Å². The molecule has 0 aliphatic heterocycles. The van der Waals surface area contributed by atoms with E-state index in [1.807, 2.05) is 54.6 Å². The SMILES string of the molecule is Cc1ccccc1C(C(=O)c1ccc(C(C)(C)C)cc1)c1ccccc1. The third-order valence-corrected chi connectivity index (χ3v) is 4.93. The van der Waals surface area contributed by atoms with Crippen molar-refractivity contribution in [1.29, 1.82) is 0 Å². The van der Waals surface area contributed by atoms with E-state index in [1.54, 1.807) is 0 Å². The molecular formula is C25H26O. The first kappa shape index (κ1) is 18.1. The number of hydrogen-bond acceptors (Lipinski definition) is 1. The lowest BCUT2D eigenvalue weighted by Crippen LogP contribution is -2.16. The summed E-state index contributed by atoms with van der Waals surface area (Å²) in [5, 5.41) is 0. The minimum absolute atomic E-state index is 0.0798. The van der Waals surface area contributed by atoms with Crippen LogP contribution < -0.4 is 0 Å². The van der Waals surface area contributed by atoms with Crippen molar-refractivity contribution in [3.8, 4) is 0 Å². The van der Waals surface area contributed by atoms with Gasteiger partial charge in [-0.15, -0.1) is 0 Å². The van der Waals surface area contributed by atoms with E-state index in [0.717, 1.165) is 22.3 Å². The molecule has 0 aliphatic rings. The molecule has 0 heterocycles. The molecule has 0 aromatic heterocycles. The molecule has 1 unspecified atom stereocenters. The molecule has 0 spiro atoms. The van der Waals surface area contributed by atoms with Crippen molar-refractivity contribution in [2.24, 2.45) is 0 Å². The number of rotatable bonds is 4. The second kappa shape index (κ2) is 7.29. The van der Waals surface area contributed by atoms with Crippen LogP contribution in [-0.4, -0.2) is 5.78 Å². The maximum absolute atomic E-state index is 13.5. The lowest BCUT2D eigenvalue weighted by atomic mass is 9.81. The van der Waals surface area contributed by atoms with Crippen molar-refractivity contribution < 1.29 is 4.79 Å². The van der Waals surface area contributed by atoms with Gasteiger partial charge in [-0.05, 0) is 34.6 Å². The van der Waals surface area contributed by atoms with Gasteiger partial charge in [0.25, 0.3) is 0 Å². The molecule has 0 saturated carbocycles. The molecule has 132 valence electrons. The van der Waals surface area contributed by atoms with E-state index in [0.29, 0.717) is 0 Å². The zero-order valence-corrected chi connectivity index (χ0v) is 16.0. The quantitative estimate of drug-likeness (QED) is 0.508. The Bertz CT molecular complexity index is 883. The average Bonchev–Trinajstić information content (AvgIpc) is 2.64. The summed E-state index contributed by atoms with van der Waals surface area (Å²) < 4.78 is 0. The predicted molar refractivity (Wildman–Crippen MR) is 109 cm³/mol. The lowest BCUT2D eigenvalue weighted by Gasteiger charge is -2.21. The van der Waals surface area contributed by atoms with Crippen molar-refractivity contribution in [2.75, 3.05) is 0 Å². The highest BCUT2D eigenvalue weighted by atomic mass is 16.1. The van der Waals surface area contributed by atoms with Crippen LogP contribution in [0.2, 0.25) is 0 Å². The summed E-state index contributed by atoms with van der Waals surface area (Å²) in [6.07, 6.45) is 0. The molecule has 0 amide bonds. The Morgan fingerprint density at radius 1 is 0.769 bits per heavy atom. The first-order valence-corrected chi connectivity index (χ1v) is 9.13. The van der Waals surface area contributed by atoms with Gasteiger partial charge >= 0.3 is 0 Å². The smallest absolute Gasteiger partial charge is 0.174 e. The van der Waals surface area contributed by atoms with E-state index in [1.165, 1.54) is 5.56 Å². The summed E-state index contributed by atoms with van der Waals surface area (Å²) in [5.74, 6) is -0.135. The Kier molecular flexibility index (Phi) is 5.08. The molecule has 1 nitrogen and oxygen atoms in total. The highest BCUT2D eigenvalue weighted by Gasteiger charge is 2.25. The summed E-state index contributed by atoms with van der Waals surface area (Å²) in [6, 6.07) is 26.3. The fraction of sp³-hybridized carbons (Fsp3) is 0.240. The molecule has 3 aromatic carbocycles. The monoisotopic (exact) mass is 342 g/mol. The zero-order valence-electron chi connectivity index (χ0n) is 16.0. The maximum Gasteiger partial charge on any atom is 0.174 e. The molecule has 0 aliphatic carbocycles. The number of hydrogen-bond donors (Lipinski definition) is 0. The highest BCUT2D eigenvalue weighted by Crippen LogP contribution is 2.31. The summed E-state index contributed by atoms with van der Waals surface area (Å²) >= 11 is 0. The van der Waals surface area contributed by atoms with E-state index in [2.05, 4.69) is 52.0 Å². The van der Waals surface area contributed by atoms with E-state index in [4.69, 9.17) is 0 Å². The van der Waals surface area contributed by atoms with Gasteiger partial charge in [0.05, 0.1) is 5.92 Å².